The minimum atomic E-state index is -3.69. The van der Waals surface area contributed by atoms with Gasteiger partial charge in [-0.25, -0.2) is 12.7 Å². The molecule has 0 unspecified atom stereocenters. The molecule has 1 heterocycles. The van der Waals surface area contributed by atoms with Gasteiger partial charge in [-0.05, 0) is 56.3 Å². The average molecular weight is 423 g/mol. The number of anilines is 2. The van der Waals surface area contributed by atoms with E-state index in [1.165, 1.54) is 18.2 Å². The zero-order valence-corrected chi connectivity index (χ0v) is 16.9. The molecule has 1 aliphatic rings. The van der Waals surface area contributed by atoms with E-state index in [-0.39, 0.29) is 34.6 Å². The molecule has 9 heteroatoms. The zero-order valence-electron chi connectivity index (χ0n) is 15.3. The number of sulfonamides is 1. The van der Waals surface area contributed by atoms with E-state index >= 15 is 0 Å². The first-order valence-corrected chi connectivity index (χ1v) is 10.6. The molecule has 1 saturated heterocycles. The Hall–Kier alpha value is -2.58. The Kier molecular flexibility index (Phi) is 5.62. The highest BCUT2D eigenvalue weighted by Gasteiger charge is 2.36. The lowest BCUT2D eigenvalue weighted by atomic mass is 10.1. The van der Waals surface area contributed by atoms with Crippen molar-refractivity contribution in [3.8, 4) is 5.75 Å². The molecule has 2 amide bonds. The molecule has 0 aromatic heterocycles. The van der Waals surface area contributed by atoms with E-state index in [4.69, 9.17) is 16.3 Å². The molecule has 0 radical (unpaired) electrons. The molecule has 1 fully saturated rings. The fourth-order valence-electron chi connectivity index (χ4n) is 2.77. The molecule has 0 atom stereocenters. The summed E-state index contributed by atoms with van der Waals surface area (Å²) in [4.78, 5) is 24.4. The van der Waals surface area contributed by atoms with Gasteiger partial charge >= 0.3 is 0 Å². The van der Waals surface area contributed by atoms with Gasteiger partial charge < -0.3 is 10.1 Å². The second-order valence-electron chi connectivity index (χ2n) is 6.53. The molecule has 3 rings (SSSR count). The average Bonchev–Trinajstić information content (AvgIpc) is 2.88. The first kappa shape index (κ1) is 20.2. The first-order chi connectivity index (χ1) is 13.2. The number of ether oxygens (including phenoxy) is 1. The number of amides is 2. The van der Waals surface area contributed by atoms with E-state index in [0.29, 0.717) is 11.4 Å². The van der Waals surface area contributed by atoms with Crippen LogP contribution in [0.2, 0.25) is 5.02 Å². The van der Waals surface area contributed by atoms with Gasteiger partial charge in [-0.1, -0.05) is 11.6 Å². The van der Waals surface area contributed by atoms with Crippen molar-refractivity contribution >= 4 is 44.8 Å². The fourth-order valence-corrected chi connectivity index (χ4v) is 4.48. The van der Waals surface area contributed by atoms with Gasteiger partial charge in [0.25, 0.3) is 5.91 Å². The molecule has 7 nitrogen and oxygen atoms in total. The number of carbonyl (C=O) groups excluding carboxylic acids is 2. The maximum absolute atomic E-state index is 12.5. The van der Waals surface area contributed by atoms with Crippen molar-refractivity contribution in [2.45, 2.75) is 26.4 Å². The van der Waals surface area contributed by atoms with E-state index in [1.807, 2.05) is 13.8 Å². The number of nitrogens with zero attached hydrogens (tertiary/aromatic N) is 1. The van der Waals surface area contributed by atoms with Crippen LogP contribution in [-0.2, 0) is 14.8 Å². The molecule has 2 aromatic rings. The fraction of sp³-hybridized carbons (Fsp3) is 0.263. The van der Waals surface area contributed by atoms with Crippen LogP contribution in [0.5, 0.6) is 5.75 Å². The molecule has 148 valence electrons. The van der Waals surface area contributed by atoms with Crippen LogP contribution >= 0.6 is 11.6 Å². The van der Waals surface area contributed by atoms with E-state index in [2.05, 4.69) is 5.32 Å². The Balaban J connectivity index is 1.77. The zero-order chi connectivity index (χ0) is 20.5. The number of hydrogen-bond donors (Lipinski definition) is 1. The summed E-state index contributed by atoms with van der Waals surface area (Å²) in [6.07, 6.45) is -0.0253. The van der Waals surface area contributed by atoms with Crippen molar-refractivity contribution in [3.63, 3.8) is 0 Å². The standard InChI is InChI=1S/C19H19ClN2O5S/c1-12(2)27-15-6-3-13(4-7-15)21-19(24)16-8-5-14(11-17(16)20)22-18(23)9-10-28(22,25)26/h3-8,11-12H,9-10H2,1-2H3,(H,21,24). The summed E-state index contributed by atoms with van der Waals surface area (Å²) in [5.74, 6) is -0.518. The number of benzene rings is 2. The van der Waals surface area contributed by atoms with Crippen LogP contribution in [0, 0.1) is 0 Å². The lowest BCUT2D eigenvalue weighted by molar-refractivity contribution is -0.116. The maximum Gasteiger partial charge on any atom is 0.257 e. The molecular formula is C19H19ClN2O5S. The van der Waals surface area contributed by atoms with Crippen molar-refractivity contribution in [2.75, 3.05) is 15.4 Å². The third kappa shape index (κ3) is 4.28. The summed E-state index contributed by atoms with van der Waals surface area (Å²) in [5, 5.41) is 2.76. The van der Waals surface area contributed by atoms with Gasteiger partial charge in [0.05, 0.1) is 28.1 Å². The lowest BCUT2D eigenvalue weighted by Crippen LogP contribution is -2.29. The van der Waals surface area contributed by atoms with E-state index in [0.717, 1.165) is 4.31 Å². The predicted octanol–water partition coefficient (Wildman–Crippen LogP) is 3.45. The number of halogens is 1. The summed E-state index contributed by atoms with van der Waals surface area (Å²) in [5.41, 5.74) is 0.842. The largest absolute Gasteiger partial charge is 0.491 e. The summed E-state index contributed by atoms with van der Waals surface area (Å²) < 4.78 is 30.3. The van der Waals surface area contributed by atoms with Crippen molar-refractivity contribution < 1.29 is 22.7 Å². The second kappa shape index (κ2) is 7.81. The van der Waals surface area contributed by atoms with E-state index in [9.17, 15) is 18.0 Å². The topological polar surface area (TPSA) is 92.8 Å². The molecule has 0 aliphatic carbocycles. The number of hydrogen-bond acceptors (Lipinski definition) is 5. The molecular weight excluding hydrogens is 404 g/mol. The van der Waals surface area contributed by atoms with Crippen LogP contribution in [0.25, 0.3) is 0 Å². The molecule has 2 aromatic carbocycles. The van der Waals surface area contributed by atoms with Gasteiger partial charge in [-0.3, -0.25) is 9.59 Å². The Labute approximate surface area is 168 Å². The summed E-state index contributed by atoms with van der Waals surface area (Å²) in [6.45, 7) is 3.84. The lowest BCUT2D eigenvalue weighted by Gasteiger charge is -2.16. The Morgan fingerprint density at radius 1 is 1.18 bits per heavy atom. The van der Waals surface area contributed by atoms with E-state index < -0.39 is 21.8 Å². The van der Waals surface area contributed by atoms with Crippen molar-refractivity contribution in [1.29, 1.82) is 0 Å². The highest BCUT2D eigenvalue weighted by atomic mass is 35.5. The third-order valence-corrected chi connectivity index (χ3v) is 6.00. The highest BCUT2D eigenvalue weighted by molar-refractivity contribution is 7.94. The van der Waals surface area contributed by atoms with Gasteiger partial charge in [0.2, 0.25) is 15.9 Å². The predicted molar refractivity (Wildman–Crippen MR) is 108 cm³/mol. The number of rotatable bonds is 5. The van der Waals surface area contributed by atoms with Gasteiger partial charge in [0.1, 0.15) is 5.75 Å². The first-order valence-electron chi connectivity index (χ1n) is 8.61. The minimum Gasteiger partial charge on any atom is -0.491 e. The van der Waals surface area contributed by atoms with Crippen LogP contribution in [0.1, 0.15) is 30.6 Å². The summed E-state index contributed by atoms with van der Waals surface area (Å²) in [7, 11) is -3.69. The minimum absolute atomic E-state index is 0.0454. The van der Waals surface area contributed by atoms with Gasteiger partial charge in [-0.2, -0.15) is 0 Å². The van der Waals surface area contributed by atoms with Gasteiger partial charge in [0.15, 0.2) is 0 Å². The summed E-state index contributed by atoms with van der Waals surface area (Å²) in [6, 6.07) is 11.0. The van der Waals surface area contributed by atoms with E-state index in [1.54, 1.807) is 24.3 Å². The molecule has 0 saturated carbocycles. The molecule has 1 N–H and O–H groups in total. The maximum atomic E-state index is 12.5. The normalized spacial score (nSPS) is 15.7. The van der Waals surface area contributed by atoms with Crippen LogP contribution in [0.15, 0.2) is 42.5 Å². The van der Waals surface area contributed by atoms with Crippen molar-refractivity contribution in [2.24, 2.45) is 0 Å². The van der Waals surface area contributed by atoms with Gasteiger partial charge in [0, 0.05) is 12.1 Å². The molecule has 1 aliphatic heterocycles. The van der Waals surface area contributed by atoms with Crippen LogP contribution in [0.3, 0.4) is 0 Å². The molecule has 28 heavy (non-hydrogen) atoms. The second-order valence-corrected chi connectivity index (χ2v) is 8.88. The van der Waals surface area contributed by atoms with Crippen LogP contribution in [-0.4, -0.2) is 32.1 Å². The molecule has 0 spiro atoms. The highest BCUT2D eigenvalue weighted by Crippen LogP contribution is 2.30. The third-order valence-electron chi connectivity index (χ3n) is 3.99. The Morgan fingerprint density at radius 2 is 1.86 bits per heavy atom. The number of nitrogens with one attached hydrogen (secondary N) is 1. The quantitative estimate of drug-likeness (QED) is 0.796. The Bertz CT molecular complexity index is 1020. The van der Waals surface area contributed by atoms with Crippen molar-refractivity contribution in [1.82, 2.24) is 0 Å². The van der Waals surface area contributed by atoms with Crippen LogP contribution < -0.4 is 14.4 Å². The van der Waals surface area contributed by atoms with Gasteiger partial charge in [-0.15, -0.1) is 0 Å². The Morgan fingerprint density at radius 3 is 2.39 bits per heavy atom. The smallest absolute Gasteiger partial charge is 0.257 e. The molecule has 0 bridgehead atoms. The summed E-state index contributed by atoms with van der Waals surface area (Å²) >= 11 is 6.18. The SMILES string of the molecule is CC(C)Oc1ccc(NC(=O)c2ccc(N3C(=O)CCS3(=O)=O)cc2Cl)cc1. The number of carbonyl (C=O) groups is 2. The van der Waals surface area contributed by atoms with Crippen molar-refractivity contribution in [3.05, 3.63) is 53.1 Å². The monoisotopic (exact) mass is 422 g/mol. The van der Waals surface area contributed by atoms with Crippen LogP contribution in [0.4, 0.5) is 11.4 Å².